The molecule has 22 heavy (non-hydrogen) atoms. The topological polar surface area (TPSA) is 35.6 Å². The molecule has 0 aromatic heterocycles. The van der Waals surface area contributed by atoms with E-state index in [-0.39, 0.29) is 6.03 Å². The summed E-state index contributed by atoms with van der Waals surface area (Å²) in [5.74, 6) is 0. The van der Waals surface area contributed by atoms with Crippen LogP contribution in [-0.2, 0) is 0 Å². The van der Waals surface area contributed by atoms with Crippen LogP contribution in [0, 0.1) is 0 Å². The number of carbonyl (C=O) groups is 1. The molecule has 1 aliphatic carbocycles. The number of benzene rings is 1. The monoisotopic (exact) mass is 319 g/mol. The Hall–Kier alpha value is -1.20. The summed E-state index contributed by atoms with van der Waals surface area (Å²) in [5, 5.41) is 3.03. The number of urea groups is 1. The second-order valence-corrected chi connectivity index (χ2v) is 7.00. The Kier molecular flexibility index (Phi) is 5.26. The number of nitrogens with zero attached hydrogens (tertiary/aromatic N) is 2. The van der Waals surface area contributed by atoms with Gasteiger partial charge < -0.3 is 10.2 Å². The van der Waals surface area contributed by atoms with E-state index in [0.717, 1.165) is 37.9 Å². The van der Waals surface area contributed by atoms with Gasteiger partial charge in [0.15, 0.2) is 0 Å². The van der Waals surface area contributed by atoms with Crippen molar-refractivity contribution in [2.45, 2.75) is 36.6 Å². The van der Waals surface area contributed by atoms with Crippen LogP contribution >= 0.6 is 11.8 Å². The maximum absolute atomic E-state index is 12.4. The third-order valence-corrected chi connectivity index (χ3v) is 5.49. The predicted molar refractivity (Wildman–Crippen MR) is 92.6 cm³/mol. The van der Waals surface area contributed by atoms with Crippen LogP contribution in [0.5, 0.6) is 0 Å². The fraction of sp³-hybridized carbons (Fsp3) is 0.588. The van der Waals surface area contributed by atoms with Crippen LogP contribution in [0.2, 0.25) is 0 Å². The molecule has 1 aliphatic heterocycles. The molecule has 1 heterocycles. The van der Waals surface area contributed by atoms with Crippen molar-refractivity contribution in [3.8, 4) is 0 Å². The first kappa shape index (κ1) is 15.7. The summed E-state index contributed by atoms with van der Waals surface area (Å²) >= 11 is 1.69. The molecule has 1 aromatic rings. The first-order chi connectivity index (χ1) is 10.8. The number of hydrogen-bond acceptors (Lipinski definition) is 3. The second-order valence-electron chi connectivity index (χ2n) is 6.12. The Morgan fingerprint density at radius 2 is 1.91 bits per heavy atom. The minimum absolute atomic E-state index is 0.0318. The molecule has 2 aliphatic rings. The van der Waals surface area contributed by atoms with Crippen LogP contribution in [0.15, 0.2) is 29.2 Å². The highest BCUT2D eigenvalue weighted by Crippen LogP contribution is 2.24. The van der Waals surface area contributed by atoms with E-state index < -0.39 is 0 Å². The van der Waals surface area contributed by atoms with Crippen molar-refractivity contribution in [1.29, 1.82) is 0 Å². The molecule has 0 unspecified atom stereocenters. The predicted octanol–water partition coefficient (Wildman–Crippen LogP) is 3.50. The second kappa shape index (κ2) is 7.38. The van der Waals surface area contributed by atoms with E-state index in [1.807, 2.05) is 29.4 Å². The molecule has 3 rings (SSSR count). The molecular weight excluding hydrogens is 294 g/mol. The average Bonchev–Trinajstić information content (AvgIpc) is 3.09. The highest BCUT2D eigenvalue weighted by atomic mass is 32.2. The maximum Gasteiger partial charge on any atom is 0.321 e. The molecule has 1 saturated heterocycles. The highest BCUT2D eigenvalue weighted by Gasteiger charge is 2.27. The van der Waals surface area contributed by atoms with Crippen LogP contribution in [0.3, 0.4) is 0 Å². The van der Waals surface area contributed by atoms with Crippen LogP contribution in [-0.4, -0.2) is 54.3 Å². The van der Waals surface area contributed by atoms with E-state index >= 15 is 0 Å². The van der Waals surface area contributed by atoms with Gasteiger partial charge in [-0.2, -0.15) is 0 Å². The number of piperazine rings is 1. The Morgan fingerprint density at radius 1 is 1.18 bits per heavy atom. The Labute approximate surface area is 137 Å². The number of thioether (sulfide) groups is 1. The van der Waals surface area contributed by atoms with Crippen LogP contribution < -0.4 is 5.32 Å². The van der Waals surface area contributed by atoms with E-state index in [4.69, 9.17) is 0 Å². The Bertz CT molecular complexity index is 508. The van der Waals surface area contributed by atoms with Crippen molar-refractivity contribution in [3.63, 3.8) is 0 Å². The number of anilines is 1. The average molecular weight is 319 g/mol. The van der Waals surface area contributed by atoms with E-state index in [1.54, 1.807) is 11.8 Å². The smallest absolute Gasteiger partial charge is 0.321 e. The van der Waals surface area contributed by atoms with Crippen molar-refractivity contribution >= 4 is 23.5 Å². The first-order valence-corrected chi connectivity index (χ1v) is 9.43. The minimum Gasteiger partial charge on any atom is -0.322 e. The molecule has 0 atom stereocenters. The fourth-order valence-electron chi connectivity index (χ4n) is 3.46. The van der Waals surface area contributed by atoms with Gasteiger partial charge in [-0.05, 0) is 37.3 Å². The van der Waals surface area contributed by atoms with E-state index in [1.165, 1.54) is 30.6 Å². The standard InChI is InChI=1S/C17H25N3OS/c1-22-16-8-4-5-14(13-16)18-17(21)20-11-9-19(10-12-20)15-6-2-3-7-15/h4-5,8,13,15H,2-3,6-7,9-12H2,1H3,(H,18,21). The van der Waals surface area contributed by atoms with Crippen LogP contribution in [0.25, 0.3) is 0 Å². The SMILES string of the molecule is CSc1cccc(NC(=O)N2CCN(C3CCCC3)CC2)c1. The van der Waals surface area contributed by atoms with Gasteiger partial charge >= 0.3 is 6.03 Å². The molecule has 0 bridgehead atoms. The molecule has 1 N–H and O–H groups in total. The Balaban J connectivity index is 1.51. The summed E-state index contributed by atoms with van der Waals surface area (Å²) in [6.07, 6.45) is 7.47. The molecule has 2 fully saturated rings. The molecule has 5 heteroatoms. The molecule has 0 radical (unpaired) electrons. The zero-order valence-corrected chi connectivity index (χ0v) is 14.1. The number of amides is 2. The lowest BCUT2D eigenvalue weighted by atomic mass is 10.2. The third-order valence-electron chi connectivity index (χ3n) is 4.76. The number of nitrogens with one attached hydrogen (secondary N) is 1. The summed E-state index contributed by atoms with van der Waals surface area (Å²) in [7, 11) is 0. The zero-order valence-electron chi connectivity index (χ0n) is 13.3. The summed E-state index contributed by atoms with van der Waals surface area (Å²) in [6, 6.07) is 8.82. The van der Waals surface area contributed by atoms with Crippen molar-refractivity contribution in [2.24, 2.45) is 0 Å². The highest BCUT2D eigenvalue weighted by molar-refractivity contribution is 7.98. The first-order valence-electron chi connectivity index (χ1n) is 8.20. The van der Waals surface area contributed by atoms with Crippen LogP contribution in [0.4, 0.5) is 10.5 Å². The number of hydrogen-bond donors (Lipinski definition) is 1. The van der Waals surface area contributed by atoms with Gasteiger partial charge in [-0.3, -0.25) is 4.90 Å². The normalized spacial score (nSPS) is 20.3. The minimum atomic E-state index is 0.0318. The van der Waals surface area contributed by atoms with E-state index in [2.05, 4.69) is 16.3 Å². The molecule has 0 spiro atoms. The van der Waals surface area contributed by atoms with Crippen molar-refractivity contribution in [1.82, 2.24) is 9.80 Å². The van der Waals surface area contributed by atoms with Gasteiger partial charge in [0.25, 0.3) is 0 Å². The Morgan fingerprint density at radius 3 is 2.59 bits per heavy atom. The van der Waals surface area contributed by atoms with E-state index in [0.29, 0.717) is 0 Å². The number of rotatable bonds is 3. The van der Waals surface area contributed by atoms with Crippen LogP contribution in [0.1, 0.15) is 25.7 Å². The van der Waals surface area contributed by atoms with E-state index in [9.17, 15) is 4.79 Å². The van der Waals surface area contributed by atoms with Gasteiger partial charge in [-0.25, -0.2) is 4.79 Å². The quantitative estimate of drug-likeness (QED) is 0.866. The summed E-state index contributed by atoms with van der Waals surface area (Å²) in [6.45, 7) is 3.71. The number of carbonyl (C=O) groups excluding carboxylic acids is 1. The summed E-state index contributed by atoms with van der Waals surface area (Å²) in [4.78, 5) is 18.1. The zero-order chi connectivity index (χ0) is 15.4. The van der Waals surface area contributed by atoms with Gasteiger partial charge in [0.1, 0.15) is 0 Å². The lowest BCUT2D eigenvalue weighted by Gasteiger charge is -2.38. The maximum atomic E-state index is 12.4. The third kappa shape index (κ3) is 3.76. The van der Waals surface area contributed by atoms with Gasteiger partial charge in [0.05, 0.1) is 0 Å². The molecule has 2 amide bonds. The largest absolute Gasteiger partial charge is 0.322 e. The molecule has 120 valence electrons. The fourth-order valence-corrected chi connectivity index (χ4v) is 3.92. The van der Waals surface area contributed by atoms with Crippen molar-refractivity contribution < 1.29 is 4.79 Å². The van der Waals surface area contributed by atoms with Gasteiger partial charge in [-0.15, -0.1) is 11.8 Å². The molecule has 1 saturated carbocycles. The van der Waals surface area contributed by atoms with Gasteiger partial charge in [-0.1, -0.05) is 18.9 Å². The lowest BCUT2D eigenvalue weighted by Crippen LogP contribution is -2.52. The molecule has 4 nitrogen and oxygen atoms in total. The summed E-state index contributed by atoms with van der Waals surface area (Å²) in [5.41, 5.74) is 0.884. The van der Waals surface area contributed by atoms with Crippen molar-refractivity contribution in [2.75, 3.05) is 37.8 Å². The van der Waals surface area contributed by atoms with Gasteiger partial charge in [0.2, 0.25) is 0 Å². The van der Waals surface area contributed by atoms with Gasteiger partial charge in [0, 0.05) is 42.8 Å². The summed E-state index contributed by atoms with van der Waals surface area (Å²) < 4.78 is 0. The lowest BCUT2D eigenvalue weighted by molar-refractivity contribution is 0.115. The molecular formula is C17H25N3OS. The van der Waals surface area contributed by atoms with Crippen molar-refractivity contribution in [3.05, 3.63) is 24.3 Å². The molecule has 1 aromatic carbocycles.